The highest BCUT2D eigenvalue weighted by Gasteiger charge is 2.11. The summed E-state index contributed by atoms with van der Waals surface area (Å²) in [7, 11) is 1.40. The van der Waals surface area contributed by atoms with Crippen LogP contribution in [0.2, 0.25) is 0 Å². The number of aromatic nitrogens is 1. The summed E-state index contributed by atoms with van der Waals surface area (Å²) >= 11 is 3.19. The third-order valence-electron chi connectivity index (χ3n) is 3.56. The zero-order valence-electron chi connectivity index (χ0n) is 14.2. The summed E-state index contributed by atoms with van der Waals surface area (Å²) in [5, 5.41) is 4.97. The van der Waals surface area contributed by atoms with Crippen LogP contribution < -0.4 is 5.32 Å². The van der Waals surface area contributed by atoms with Gasteiger partial charge >= 0.3 is 5.97 Å². The molecule has 0 saturated carbocycles. The Balaban J connectivity index is 1.76. The van der Waals surface area contributed by atoms with Crippen LogP contribution in [0.5, 0.6) is 0 Å². The number of benzene rings is 1. The van der Waals surface area contributed by atoms with Gasteiger partial charge in [0.15, 0.2) is 0 Å². The number of nitrogens with zero attached hydrogens (tertiary/aromatic N) is 1. The number of amides is 1. The van der Waals surface area contributed by atoms with Crippen LogP contribution in [-0.4, -0.2) is 30.5 Å². The molecule has 134 valence electrons. The smallest absolute Gasteiger partial charge is 0.305 e. The SMILES string of the molecule is COC(=O)CCCCCNC(=O)c1ccccc1SCc1cscn1. The number of thioether (sulfide) groups is 1. The predicted molar refractivity (Wildman–Crippen MR) is 101 cm³/mol. The Kier molecular flexibility index (Phi) is 8.48. The van der Waals surface area contributed by atoms with Gasteiger partial charge in [-0.1, -0.05) is 18.6 Å². The van der Waals surface area contributed by atoms with Crippen LogP contribution in [0.4, 0.5) is 0 Å². The molecule has 5 nitrogen and oxygen atoms in total. The van der Waals surface area contributed by atoms with E-state index in [1.54, 1.807) is 23.1 Å². The molecule has 0 bridgehead atoms. The van der Waals surface area contributed by atoms with E-state index in [0.717, 1.165) is 35.6 Å². The number of rotatable bonds is 10. The first-order valence-electron chi connectivity index (χ1n) is 8.14. The Morgan fingerprint density at radius 2 is 2.08 bits per heavy atom. The molecule has 0 aliphatic rings. The van der Waals surface area contributed by atoms with E-state index in [0.29, 0.717) is 18.5 Å². The van der Waals surface area contributed by atoms with Crippen molar-refractivity contribution in [3.63, 3.8) is 0 Å². The molecule has 25 heavy (non-hydrogen) atoms. The van der Waals surface area contributed by atoms with E-state index in [2.05, 4.69) is 15.0 Å². The molecule has 0 radical (unpaired) electrons. The minimum atomic E-state index is -0.185. The summed E-state index contributed by atoms with van der Waals surface area (Å²) in [6, 6.07) is 7.61. The minimum absolute atomic E-state index is 0.0608. The second-order valence-electron chi connectivity index (χ2n) is 5.41. The zero-order valence-corrected chi connectivity index (χ0v) is 15.8. The van der Waals surface area contributed by atoms with Crippen LogP contribution in [0, 0.1) is 0 Å². The van der Waals surface area contributed by atoms with Crippen LogP contribution in [0.25, 0.3) is 0 Å². The van der Waals surface area contributed by atoms with Crippen molar-refractivity contribution in [3.05, 3.63) is 46.4 Å². The topological polar surface area (TPSA) is 68.3 Å². The van der Waals surface area contributed by atoms with Crippen molar-refractivity contribution in [1.82, 2.24) is 10.3 Å². The molecular formula is C18H22N2O3S2. The highest BCUT2D eigenvalue weighted by Crippen LogP contribution is 2.26. The van der Waals surface area contributed by atoms with Gasteiger partial charge in [-0.3, -0.25) is 9.59 Å². The van der Waals surface area contributed by atoms with Crippen molar-refractivity contribution >= 4 is 35.0 Å². The number of hydrogen-bond donors (Lipinski definition) is 1. The molecule has 1 N–H and O–H groups in total. The Morgan fingerprint density at radius 3 is 2.84 bits per heavy atom. The lowest BCUT2D eigenvalue weighted by Gasteiger charge is -2.09. The lowest BCUT2D eigenvalue weighted by atomic mass is 10.2. The maximum atomic E-state index is 12.4. The van der Waals surface area contributed by atoms with Crippen molar-refractivity contribution in [2.45, 2.75) is 36.3 Å². The van der Waals surface area contributed by atoms with Gasteiger partial charge in [-0.2, -0.15) is 0 Å². The highest BCUT2D eigenvalue weighted by molar-refractivity contribution is 7.98. The van der Waals surface area contributed by atoms with Crippen molar-refractivity contribution in [1.29, 1.82) is 0 Å². The van der Waals surface area contributed by atoms with Gasteiger partial charge in [-0.25, -0.2) is 4.98 Å². The summed E-state index contributed by atoms with van der Waals surface area (Å²) in [6.07, 6.45) is 2.94. The predicted octanol–water partition coefficient (Wildman–Crippen LogP) is 3.90. The lowest BCUT2D eigenvalue weighted by molar-refractivity contribution is -0.140. The number of methoxy groups -OCH3 is 1. The van der Waals surface area contributed by atoms with Gasteiger partial charge in [0, 0.05) is 29.0 Å². The highest BCUT2D eigenvalue weighted by atomic mass is 32.2. The molecule has 1 aromatic heterocycles. The van der Waals surface area contributed by atoms with E-state index in [4.69, 9.17) is 0 Å². The third-order valence-corrected chi connectivity index (χ3v) is 5.30. The van der Waals surface area contributed by atoms with E-state index in [1.165, 1.54) is 7.11 Å². The summed E-state index contributed by atoms with van der Waals surface area (Å²) in [6.45, 7) is 0.602. The van der Waals surface area contributed by atoms with E-state index in [-0.39, 0.29) is 11.9 Å². The maximum absolute atomic E-state index is 12.4. The number of carbonyl (C=O) groups excluding carboxylic acids is 2. The summed E-state index contributed by atoms with van der Waals surface area (Å²) in [4.78, 5) is 28.6. The van der Waals surface area contributed by atoms with Gasteiger partial charge in [0.1, 0.15) is 0 Å². The van der Waals surface area contributed by atoms with E-state index >= 15 is 0 Å². The van der Waals surface area contributed by atoms with Crippen molar-refractivity contribution in [2.24, 2.45) is 0 Å². The molecule has 1 aromatic carbocycles. The number of hydrogen-bond acceptors (Lipinski definition) is 6. The average Bonchev–Trinajstić information content (AvgIpc) is 3.16. The zero-order chi connectivity index (χ0) is 17.9. The Hall–Kier alpha value is -1.86. The van der Waals surface area contributed by atoms with Crippen LogP contribution in [0.3, 0.4) is 0 Å². The fraction of sp³-hybridized carbons (Fsp3) is 0.389. The third kappa shape index (κ3) is 6.88. The van der Waals surface area contributed by atoms with Gasteiger partial charge in [-0.05, 0) is 25.0 Å². The normalized spacial score (nSPS) is 10.4. The molecule has 0 saturated heterocycles. The van der Waals surface area contributed by atoms with Crippen molar-refractivity contribution < 1.29 is 14.3 Å². The second kappa shape index (κ2) is 10.9. The molecule has 0 aliphatic carbocycles. The van der Waals surface area contributed by atoms with Crippen molar-refractivity contribution in [2.75, 3.05) is 13.7 Å². The molecule has 0 unspecified atom stereocenters. The monoisotopic (exact) mass is 378 g/mol. The maximum Gasteiger partial charge on any atom is 0.305 e. The average molecular weight is 379 g/mol. The summed E-state index contributed by atoms with van der Waals surface area (Å²) < 4.78 is 4.60. The molecule has 1 amide bonds. The summed E-state index contributed by atoms with van der Waals surface area (Å²) in [5.74, 6) is 0.505. The number of unbranched alkanes of at least 4 members (excludes halogenated alkanes) is 2. The van der Waals surface area contributed by atoms with Crippen LogP contribution in [-0.2, 0) is 15.3 Å². The molecule has 2 rings (SSSR count). The molecule has 0 aliphatic heterocycles. The Labute approximate surface area is 156 Å². The summed E-state index contributed by atoms with van der Waals surface area (Å²) in [5.41, 5.74) is 3.53. The quantitative estimate of drug-likeness (QED) is 0.386. The molecule has 0 atom stereocenters. The molecule has 1 heterocycles. The molecule has 7 heteroatoms. The molecule has 0 fully saturated rings. The Bertz CT molecular complexity index is 675. The minimum Gasteiger partial charge on any atom is -0.469 e. The van der Waals surface area contributed by atoms with E-state index < -0.39 is 0 Å². The number of thiazole rings is 1. The number of nitrogens with one attached hydrogen (secondary N) is 1. The standard InChI is InChI=1S/C18H22N2O3S2/c1-23-17(21)9-3-2-6-10-19-18(22)15-7-4-5-8-16(15)25-12-14-11-24-13-20-14/h4-5,7-8,11,13H,2-3,6,9-10,12H2,1H3,(H,19,22). The van der Waals surface area contributed by atoms with E-state index in [1.807, 2.05) is 35.2 Å². The van der Waals surface area contributed by atoms with Gasteiger partial charge in [-0.15, -0.1) is 23.1 Å². The van der Waals surface area contributed by atoms with Gasteiger partial charge in [0.2, 0.25) is 0 Å². The first-order valence-corrected chi connectivity index (χ1v) is 10.1. The van der Waals surface area contributed by atoms with Gasteiger partial charge in [0.25, 0.3) is 5.91 Å². The first-order chi connectivity index (χ1) is 12.2. The fourth-order valence-corrected chi connectivity index (χ4v) is 3.83. The fourth-order valence-electron chi connectivity index (χ4n) is 2.21. The molecule has 2 aromatic rings. The van der Waals surface area contributed by atoms with Crippen LogP contribution in [0.15, 0.2) is 40.1 Å². The first kappa shape index (κ1) is 19.5. The van der Waals surface area contributed by atoms with Gasteiger partial charge in [0.05, 0.1) is 23.9 Å². The van der Waals surface area contributed by atoms with E-state index in [9.17, 15) is 9.59 Å². The van der Waals surface area contributed by atoms with Crippen LogP contribution >= 0.6 is 23.1 Å². The van der Waals surface area contributed by atoms with Crippen LogP contribution in [0.1, 0.15) is 41.7 Å². The molecular weight excluding hydrogens is 356 g/mol. The molecule has 0 spiro atoms. The second-order valence-corrected chi connectivity index (χ2v) is 7.14. The largest absolute Gasteiger partial charge is 0.469 e. The lowest BCUT2D eigenvalue weighted by Crippen LogP contribution is -2.25. The van der Waals surface area contributed by atoms with Gasteiger partial charge < -0.3 is 10.1 Å². The Morgan fingerprint density at radius 1 is 1.24 bits per heavy atom. The number of esters is 1. The number of ether oxygens (including phenoxy) is 1. The number of carbonyl (C=O) groups is 2. The van der Waals surface area contributed by atoms with Crippen molar-refractivity contribution in [3.8, 4) is 0 Å².